The Morgan fingerprint density at radius 3 is 2.76 bits per heavy atom. The third-order valence-electron chi connectivity index (χ3n) is 3.53. The zero-order valence-electron chi connectivity index (χ0n) is 12.0. The lowest BCUT2D eigenvalue weighted by Crippen LogP contribution is -2.54. The van der Waals surface area contributed by atoms with Gasteiger partial charge in [0, 0.05) is 31.7 Å². The molecule has 0 aromatic heterocycles. The van der Waals surface area contributed by atoms with E-state index in [0.717, 1.165) is 18.7 Å². The molecule has 116 valence electrons. The molecule has 1 aliphatic heterocycles. The highest BCUT2D eigenvalue weighted by Gasteiger charge is 2.29. The van der Waals surface area contributed by atoms with Crippen molar-refractivity contribution in [3.63, 3.8) is 0 Å². The number of carbonyl (C=O) groups is 1. The second-order valence-corrected chi connectivity index (χ2v) is 4.98. The second kappa shape index (κ2) is 7.47. The quantitative estimate of drug-likeness (QED) is 0.844. The van der Waals surface area contributed by atoms with Crippen LogP contribution in [0.25, 0.3) is 0 Å². The molecule has 1 fully saturated rings. The van der Waals surface area contributed by atoms with Gasteiger partial charge in [-0.05, 0) is 12.5 Å². The van der Waals surface area contributed by atoms with Gasteiger partial charge in [-0.25, -0.2) is 8.78 Å². The van der Waals surface area contributed by atoms with E-state index in [1.807, 2.05) is 4.90 Å². The van der Waals surface area contributed by atoms with E-state index in [2.05, 4.69) is 5.32 Å². The Kier molecular flexibility index (Phi) is 5.64. The highest BCUT2D eigenvalue weighted by Crippen LogP contribution is 2.20. The molecule has 1 heterocycles. The molecule has 1 atom stereocenters. The summed E-state index contributed by atoms with van der Waals surface area (Å²) in [5, 5.41) is 3.17. The van der Waals surface area contributed by atoms with E-state index in [0.29, 0.717) is 19.7 Å². The van der Waals surface area contributed by atoms with Gasteiger partial charge in [-0.2, -0.15) is 0 Å². The van der Waals surface area contributed by atoms with Gasteiger partial charge in [-0.3, -0.25) is 9.69 Å². The molecule has 1 unspecified atom stereocenters. The molecule has 1 aromatic rings. The number of ether oxygens (including phenoxy) is 1. The summed E-state index contributed by atoms with van der Waals surface area (Å²) < 4.78 is 30.1. The van der Waals surface area contributed by atoms with Crippen LogP contribution in [-0.2, 0) is 16.1 Å². The van der Waals surface area contributed by atoms with E-state index >= 15 is 0 Å². The molecule has 1 aliphatic rings. The SMILES string of the molecule is CCOC(=O)C1CNCCN1Cc1ccc(C(F)F)cc1. The van der Waals surface area contributed by atoms with Gasteiger partial charge >= 0.3 is 5.97 Å². The lowest BCUT2D eigenvalue weighted by atomic mass is 10.1. The molecule has 0 bridgehead atoms. The number of esters is 1. The average molecular weight is 298 g/mol. The maximum absolute atomic E-state index is 12.5. The van der Waals surface area contributed by atoms with Crippen molar-refractivity contribution in [3.8, 4) is 0 Å². The maximum Gasteiger partial charge on any atom is 0.324 e. The molecule has 1 aromatic carbocycles. The zero-order chi connectivity index (χ0) is 15.2. The molecule has 21 heavy (non-hydrogen) atoms. The van der Waals surface area contributed by atoms with E-state index in [4.69, 9.17) is 4.74 Å². The number of benzene rings is 1. The summed E-state index contributed by atoms with van der Waals surface area (Å²) in [6, 6.07) is 5.91. The Morgan fingerprint density at radius 1 is 1.43 bits per heavy atom. The van der Waals surface area contributed by atoms with Crippen LogP contribution in [0, 0.1) is 0 Å². The molecule has 1 N–H and O–H groups in total. The molecule has 4 nitrogen and oxygen atoms in total. The minimum absolute atomic E-state index is 0.0148. The minimum atomic E-state index is -2.45. The number of hydrogen-bond donors (Lipinski definition) is 1. The van der Waals surface area contributed by atoms with Crippen molar-refractivity contribution < 1.29 is 18.3 Å². The van der Waals surface area contributed by atoms with E-state index in [-0.39, 0.29) is 17.6 Å². The first kappa shape index (κ1) is 15.9. The molecule has 2 rings (SSSR count). The van der Waals surface area contributed by atoms with Crippen LogP contribution >= 0.6 is 0 Å². The second-order valence-electron chi connectivity index (χ2n) is 4.98. The van der Waals surface area contributed by atoms with Gasteiger partial charge in [0.2, 0.25) is 0 Å². The van der Waals surface area contributed by atoms with Crippen molar-refractivity contribution >= 4 is 5.97 Å². The van der Waals surface area contributed by atoms with Crippen LogP contribution < -0.4 is 5.32 Å². The van der Waals surface area contributed by atoms with Crippen LogP contribution in [0.3, 0.4) is 0 Å². The van der Waals surface area contributed by atoms with Crippen molar-refractivity contribution in [3.05, 3.63) is 35.4 Å². The Labute approximate surface area is 123 Å². The predicted molar refractivity (Wildman–Crippen MR) is 75.1 cm³/mol. The summed E-state index contributed by atoms with van der Waals surface area (Å²) in [7, 11) is 0. The van der Waals surface area contributed by atoms with Crippen LogP contribution in [0.4, 0.5) is 8.78 Å². The number of nitrogens with one attached hydrogen (secondary N) is 1. The summed E-state index contributed by atoms with van der Waals surface area (Å²) in [5.74, 6) is -0.242. The van der Waals surface area contributed by atoms with Gasteiger partial charge in [0.1, 0.15) is 6.04 Å². The van der Waals surface area contributed by atoms with Gasteiger partial charge < -0.3 is 10.1 Å². The summed E-state index contributed by atoms with van der Waals surface area (Å²) in [6.07, 6.45) is -2.45. The number of piperazine rings is 1. The molecule has 0 radical (unpaired) electrons. The third kappa shape index (κ3) is 4.22. The van der Waals surface area contributed by atoms with E-state index < -0.39 is 6.43 Å². The number of hydrogen-bond acceptors (Lipinski definition) is 4. The summed E-state index contributed by atoms with van der Waals surface area (Å²) in [4.78, 5) is 14.0. The van der Waals surface area contributed by atoms with E-state index in [1.54, 1.807) is 19.1 Å². The highest BCUT2D eigenvalue weighted by molar-refractivity contribution is 5.76. The highest BCUT2D eigenvalue weighted by atomic mass is 19.3. The first-order valence-electron chi connectivity index (χ1n) is 7.10. The molecule has 6 heteroatoms. The Bertz CT molecular complexity index is 465. The van der Waals surface area contributed by atoms with Crippen molar-refractivity contribution in [2.45, 2.75) is 25.9 Å². The molecule has 0 aliphatic carbocycles. The van der Waals surface area contributed by atoms with Crippen LogP contribution in [0.1, 0.15) is 24.5 Å². The maximum atomic E-state index is 12.5. The number of carbonyl (C=O) groups excluding carboxylic acids is 1. The van der Waals surface area contributed by atoms with Gasteiger partial charge in [0.15, 0.2) is 0 Å². The standard InChI is InChI=1S/C15H20F2N2O2/c1-2-21-15(20)13-9-18-7-8-19(13)10-11-3-5-12(6-4-11)14(16)17/h3-6,13-14,18H,2,7-10H2,1H3. The molecule has 0 saturated carbocycles. The van der Waals surface area contributed by atoms with Crippen LogP contribution in [-0.4, -0.2) is 43.2 Å². The van der Waals surface area contributed by atoms with Crippen molar-refractivity contribution in [1.82, 2.24) is 10.2 Å². The van der Waals surface area contributed by atoms with Gasteiger partial charge in [-0.1, -0.05) is 24.3 Å². The van der Waals surface area contributed by atoms with E-state index in [9.17, 15) is 13.6 Å². The first-order valence-corrected chi connectivity index (χ1v) is 7.10. The smallest absolute Gasteiger partial charge is 0.324 e. The van der Waals surface area contributed by atoms with Gasteiger partial charge in [-0.15, -0.1) is 0 Å². The van der Waals surface area contributed by atoms with Crippen LogP contribution in [0.2, 0.25) is 0 Å². The van der Waals surface area contributed by atoms with Gasteiger partial charge in [0.05, 0.1) is 6.61 Å². The Balaban J connectivity index is 2.03. The summed E-state index contributed by atoms with van der Waals surface area (Å²) in [5.41, 5.74) is 0.927. The van der Waals surface area contributed by atoms with Crippen molar-refractivity contribution in [2.75, 3.05) is 26.2 Å². The summed E-state index contributed by atoms with van der Waals surface area (Å²) >= 11 is 0. The molecule has 0 spiro atoms. The zero-order valence-corrected chi connectivity index (χ0v) is 12.0. The van der Waals surface area contributed by atoms with Gasteiger partial charge in [0.25, 0.3) is 6.43 Å². The molecule has 1 saturated heterocycles. The number of nitrogens with zero attached hydrogens (tertiary/aromatic N) is 1. The number of halogens is 2. The number of alkyl halides is 2. The molecular weight excluding hydrogens is 278 g/mol. The fraction of sp³-hybridized carbons (Fsp3) is 0.533. The van der Waals surface area contributed by atoms with Crippen LogP contribution in [0.5, 0.6) is 0 Å². The van der Waals surface area contributed by atoms with Crippen molar-refractivity contribution in [1.29, 1.82) is 0 Å². The average Bonchev–Trinajstić information content (AvgIpc) is 2.48. The fourth-order valence-corrected chi connectivity index (χ4v) is 2.41. The van der Waals surface area contributed by atoms with E-state index in [1.165, 1.54) is 12.1 Å². The molecule has 0 amide bonds. The lowest BCUT2D eigenvalue weighted by Gasteiger charge is -2.34. The number of rotatable bonds is 5. The normalized spacial score (nSPS) is 19.7. The largest absolute Gasteiger partial charge is 0.465 e. The monoisotopic (exact) mass is 298 g/mol. The molecular formula is C15H20F2N2O2. The Hall–Kier alpha value is -1.53. The topological polar surface area (TPSA) is 41.6 Å². The predicted octanol–water partition coefficient (Wildman–Crippen LogP) is 1.96. The summed E-state index contributed by atoms with van der Waals surface area (Å²) in [6.45, 7) is 4.75. The van der Waals surface area contributed by atoms with Crippen LogP contribution in [0.15, 0.2) is 24.3 Å². The van der Waals surface area contributed by atoms with Crippen molar-refractivity contribution in [2.24, 2.45) is 0 Å². The Morgan fingerprint density at radius 2 is 2.14 bits per heavy atom. The minimum Gasteiger partial charge on any atom is -0.465 e. The first-order chi connectivity index (χ1) is 10.1. The lowest BCUT2D eigenvalue weighted by molar-refractivity contribution is -0.150. The fourth-order valence-electron chi connectivity index (χ4n) is 2.41. The third-order valence-corrected chi connectivity index (χ3v) is 3.53.